The summed E-state index contributed by atoms with van der Waals surface area (Å²) in [5.74, 6) is -0.419. The van der Waals surface area contributed by atoms with Gasteiger partial charge in [0.2, 0.25) is 5.95 Å². The third-order valence-electron chi connectivity index (χ3n) is 4.37. The van der Waals surface area contributed by atoms with Gasteiger partial charge in [0, 0.05) is 12.4 Å². The Morgan fingerprint density at radius 2 is 1.11 bits per heavy atom. The van der Waals surface area contributed by atoms with Gasteiger partial charge in [-0.05, 0) is 23.3 Å². The Morgan fingerprint density at radius 3 is 1.54 bits per heavy atom. The van der Waals surface area contributed by atoms with Crippen LogP contribution in [0.15, 0.2) is 97.3 Å². The van der Waals surface area contributed by atoms with Crippen LogP contribution in [0.25, 0.3) is 11.1 Å². The van der Waals surface area contributed by atoms with Crippen LogP contribution in [0.2, 0.25) is 0 Å². The van der Waals surface area contributed by atoms with Gasteiger partial charge in [-0.25, -0.2) is 9.88 Å². The van der Waals surface area contributed by atoms with E-state index in [4.69, 9.17) is 0 Å². The molecule has 0 bridgehead atoms. The fourth-order valence-corrected chi connectivity index (χ4v) is 3.02. The summed E-state index contributed by atoms with van der Waals surface area (Å²) >= 11 is 0. The minimum Gasteiger partial charge on any atom is -0.330 e. The molecule has 0 atom stereocenters. The molecule has 0 fully saturated rings. The first-order valence-electron chi connectivity index (χ1n) is 8.83. The predicted octanol–water partition coefficient (Wildman–Crippen LogP) is 4.56. The van der Waals surface area contributed by atoms with Crippen molar-refractivity contribution in [1.29, 1.82) is 0 Å². The average molecular weight is 367 g/mol. The molecular weight excluding hydrogens is 350 g/mol. The highest BCUT2D eigenvalue weighted by molar-refractivity contribution is 6.33. The first-order chi connectivity index (χ1) is 13.8. The minimum atomic E-state index is -0.337. The van der Waals surface area contributed by atoms with E-state index in [2.05, 4.69) is 58.5 Å². The molecule has 0 unspecified atom stereocenters. The minimum absolute atomic E-state index is 0.256. The Kier molecular flexibility index (Phi) is 4.80. The number of H-pyrrole nitrogens is 1. The topological polar surface area (TPSA) is 66.1 Å². The number of nitrogens with one attached hydrogen (secondary N) is 1. The SMILES string of the molecule is O=C1c2ccccc2C(=O)N1c1ncc[nH]1.c1ccc(-c2ccccc2)cc1. The summed E-state index contributed by atoms with van der Waals surface area (Å²) < 4.78 is 0. The number of imidazole rings is 1. The molecule has 2 heterocycles. The quantitative estimate of drug-likeness (QED) is 0.528. The van der Waals surface area contributed by atoms with Crippen molar-refractivity contribution in [3.05, 3.63) is 108 Å². The fourth-order valence-electron chi connectivity index (χ4n) is 3.02. The van der Waals surface area contributed by atoms with Crippen molar-refractivity contribution in [3.8, 4) is 11.1 Å². The van der Waals surface area contributed by atoms with Crippen molar-refractivity contribution in [3.63, 3.8) is 0 Å². The van der Waals surface area contributed by atoms with Crippen LogP contribution in [0.5, 0.6) is 0 Å². The molecule has 5 heteroatoms. The van der Waals surface area contributed by atoms with Gasteiger partial charge in [0.15, 0.2) is 0 Å². The second-order valence-electron chi connectivity index (χ2n) is 6.14. The summed E-state index contributed by atoms with van der Waals surface area (Å²) in [5, 5.41) is 0. The highest BCUT2D eigenvalue weighted by atomic mass is 16.2. The van der Waals surface area contributed by atoms with Crippen LogP contribution in [0.1, 0.15) is 20.7 Å². The van der Waals surface area contributed by atoms with E-state index in [1.807, 2.05) is 12.1 Å². The maximum Gasteiger partial charge on any atom is 0.268 e. The van der Waals surface area contributed by atoms with Crippen LogP contribution in [0.3, 0.4) is 0 Å². The number of imide groups is 1. The van der Waals surface area contributed by atoms with Gasteiger partial charge < -0.3 is 4.98 Å². The highest BCUT2D eigenvalue weighted by Crippen LogP contribution is 2.25. The normalized spacial score (nSPS) is 12.4. The summed E-state index contributed by atoms with van der Waals surface area (Å²) in [6, 6.07) is 27.5. The molecule has 1 aliphatic heterocycles. The number of benzene rings is 3. The first-order valence-corrected chi connectivity index (χ1v) is 8.83. The maximum atomic E-state index is 12.0. The zero-order valence-electron chi connectivity index (χ0n) is 14.9. The van der Waals surface area contributed by atoms with Crippen LogP contribution < -0.4 is 4.90 Å². The van der Waals surface area contributed by atoms with Gasteiger partial charge >= 0.3 is 0 Å². The van der Waals surface area contributed by atoms with Gasteiger partial charge in [-0.1, -0.05) is 72.8 Å². The van der Waals surface area contributed by atoms with Crippen LogP contribution >= 0.6 is 0 Å². The lowest BCUT2D eigenvalue weighted by Gasteiger charge is -2.08. The Morgan fingerprint density at radius 1 is 0.643 bits per heavy atom. The van der Waals surface area contributed by atoms with Gasteiger partial charge in [-0.15, -0.1) is 0 Å². The number of aromatic amines is 1. The molecule has 136 valence electrons. The fraction of sp³-hybridized carbons (Fsp3) is 0. The first kappa shape index (κ1) is 17.4. The molecule has 2 amide bonds. The molecule has 5 rings (SSSR count). The largest absolute Gasteiger partial charge is 0.330 e. The number of aromatic nitrogens is 2. The molecule has 1 aromatic heterocycles. The lowest BCUT2D eigenvalue weighted by molar-refractivity contribution is 0.0924. The molecule has 0 saturated heterocycles. The maximum absolute atomic E-state index is 12.0. The number of nitrogens with zero attached hydrogens (tertiary/aromatic N) is 2. The third kappa shape index (κ3) is 3.33. The summed E-state index contributed by atoms with van der Waals surface area (Å²) in [4.78, 5) is 31.6. The van der Waals surface area contributed by atoms with Crippen LogP contribution in [-0.2, 0) is 0 Å². The summed E-state index contributed by atoms with van der Waals surface area (Å²) in [6.45, 7) is 0. The third-order valence-corrected chi connectivity index (χ3v) is 4.37. The number of carbonyl (C=O) groups is 2. The summed E-state index contributed by atoms with van der Waals surface area (Å²) in [6.07, 6.45) is 3.07. The van der Waals surface area contributed by atoms with E-state index in [-0.39, 0.29) is 17.8 Å². The van der Waals surface area contributed by atoms with Crippen LogP contribution in [0.4, 0.5) is 5.95 Å². The zero-order valence-corrected chi connectivity index (χ0v) is 14.9. The smallest absolute Gasteiger partial charge is 0.268 e. The van der Waals surface area contributed by atoms with Crippen molar-refractivity contribution < 1.29 is 9.59 Å². The van der Waals surface area contributed by atoms with Gasteiger partial charge in [0.05, 0.1) is 11.1 Å². The Balaban J connectivity index is 0.000000143. The molecule has 28 heavy (non-hydrogen) atoms. The lowest BCUT2D eigenvalue weighted by atomic mass is 10.1. The number of hydrogen-bond donors (Lipinski definition) is 1. The standard InChI is InChI=1S/C12H10.C11H7N3O2/c1-3-7-11(8-4-1)12-9-5-2-6-10-12;15-9-7-3-1-2-4-8(7)10(16)14(9)11-12-5-6-13-11/h1-10H;1-6H,(H,12,13). The van der Waals surface area contributed by atoms with E-state index in [9.17, 15) is 9.59 Å². The Hall–Kier alpha value is -3.99. The number of carbonyl (C=O) groups excluding carboxylic acids is 2. The van der Waals surface area contributed by atoms with E-state index >= 15 is 0 Å². The van der Waals surface area contributed by atoms with E-state index in [1.54, 1.807) is 30.5 Å². The number of hydrogen-bond acceptors (Lipinski definition) is 3. The molecular formula is C23H17N3O2. The van der Waals surface area contributed by atoms with Gasteiger partial charge in [0.1, 0.15) is 0 Å². The van der Waals surface area contributed by atoms with Crippen molar-refractivity contribution in [1.82, 2.24) is 9.97 Å². The van der Waals surface area contributed by atoms with E-state index in [0.29, 0.717) is 11.1 Å². The molecule has 0 spiro atoms. The number of rotatable bonds is 2. The molecule has 3 aromatic carbocycles. The van der Waals surface area contributed by atoms with Crippen molar-refractivity contribution in [2.75, 3.05) is 4.90 Å². The van der Waals surface area contributed by atoms with E-state index in [0.717, 1.165) is 4.90 Å². The van der Waals surface area contributed by atoms with E-state index in [1.165, 1.54) is 17.3 Å². The molecule has 4 aromatic rings. The molecule has 0 radical (unpaired) electrons. The van der Waals surface area contributed by atoms with E-state index < -0.39 is 0 Å². The summed E-state index contributed by atoms with van der Waals surface area (Å²) in [7, 11) is 0. The monoisotopic (exact) mass is 367 g/mol. The van der Waals surface area contributed by atoms with Gasteiger partial charge in [-0.2, -0.15) is 0 Å². The molecule has 0 saturated carbocycles. The van der Waals surface area contributed by atoms with Gasteiger partial charge in [0.25, 0.3) is 11.8 Å². The predicted molar refractivity (Wildman–Crippen MR) is 108 cm³/mol. The second-order valence-corrected chi connectivity index (χ2v) is 6.14. The molecule has 5 nitrogen and oxygen atoms in total. The average Bonchev–Trinajstić information content (AvgIpc) is 3.37. The highest BCUT2D eigenvalue weighted by Gasteiger charge is 2.37. The number of anilines is 1. The summed E-state index contributed by atoms with van der Waals surface area (Å²) in [5.41, 5.74) is 3.39. The van der Waals surface area contributed by atoms with Crippen LogP contribution in [0, 0.1) is 0 Å². The molecule has 0 aliphatic carbocycles. The van der Waals surface area contributed by atoms with Crippen molar-refractivity contribution >= 4 is 17.8 Å². The molecule has 1 aliphatic rings. The van der Waals surface area contributed by atoms with Crippen LogP contribution in [-0.4, -0.2) is 21.8 Å². The lowest BCUT2D eigenvalue weighted by Crippen LogP contribution is -2.30. The Labute approximate surface area is 162 Å². The molecule has 1 N–H and O–H groups in total. The zero-order chi connectivity index (χ0) is 19.3. The second kappa shape index (κ2) is 7.72. The number of amides is 2. The number of fused-ring (bicyclic) bond motifs is 1. The van der Waals surface area contributed by atoms with Crippen molar-refractivity contribution in [2.24, 2.45) is 0 Å². The van der Waals surface area contributed by atoms with Gasteiger partial charge in [-0.3, -0.25) is 9.59 Å². The Bertz CT molecular complexity index is 1020. The van der Waals surface area contributed by atoms with Crippen molar-refractivity contribution in [2.45, 2.75) is 0 Å².